The second-order valence-corrected chi connectivity index (χ2v) is 4.77. The summed E-state index contributed by atoms with van der Waals surface area (Å²) < 4.78 is 10.5. The number of amides is 1. The van der Waals surface area contributed by atoms with Gasteiger partial charge in [0.25, 0.3) is 0 Å². The molecule has 1 amide bonds. The third-order valence-electron chi connectivity index (χ3n) is 1.94. The summed E-state index contributed by atoms with van der Waals surface area (Å²) in [5, 5.41) is 0. The largest absolute Gasteiger partial charge is 0.444 e. The summed E-state index contributed by atoms with van der Waals surface area (Å²) in [4.78, 5) is 13.2. The molecule has 94 valence electrons. The fourth-order valence-corrected chi connectivity index (χ4v) is 0.948. The van der Waals surface area contributed by atoms with Gasteiger partial charge in [-0.15, -0.1) is 6.58 Å². The predicted molar refractivity (Wildman–Crippen MR) is 64.5 cm³/mol. The molecule has 0 saturated carbocycles. The number of likely N-dealkylation sites (N-methyl/N-ethyl adjacent to an activating group) is 1. The van der Waals surface area contributed by atoms with Gasteiger partial charge in [-0.2, -0.15) is 0 Å². The zero-order valence-electron chi connectivity index (χ0n) is 10.9. The Balaban J connectivity index is 4.06. The lowest BCUT2D eigenvalue weighted by Crippen LogP contribution is -2.41. The maximum absolute atomic E-state index is 11.7. The number of carbonyl (C=O) groups is 1. The van der Waals surface area contributed by atoms with Crippen molar-refractivity contribution >= 4 is 6.09 Å². The molecule has 0 aromatic rings. The number of rotatable bonds is 5. The van der Waals surface area contributed by atoms with Crippen molar-refractivity contribution in [2.45, 2.75) is 39.3 Å². The molecule has 0 fully saturated rings. The van der Waals surface area contributed by atoms with Crippen LogP contribution in [0.2, 0.25) is 0 Å². The van der Waals surface area contributed by atoms with Crippen LogP contribution >= 0.6 is 0 Å². The molecule has 0 aliphatic rings. The Morgan fingerprint density at radius 2 is 2.06 bits per heavy atom. The number of hydrogen-bond donors (Lipinski definition) is 0. The van der Waals surface area contributed by atoms with E-state index in [4.69, 9.17) is 9.47 Å². The minimum atomic E-state index is -0.465. The van der Waals surface area contributed by atoms with Gasteiger partial charge in [-0.05, 0) is 27.7 Å². The summed E-state index contributed by atoms with van der Waals surface area (Å²) in [7, 11) is 1.70. The van der Waals surface area contributed by atoms with E-state index in [2.05, 4.69) is 6.58 Å². The molecule has 0 bridgehead atoms. The van der Waals surface area contributed by atoms with E-state index in [0.717, 1.165) is 0 Å². The molecule has 0 saturated heterocycles. The van der Waals surface area contributed by atoms with Crippen LogP contribution in [0.3, 0.4) is 0 Å². The van der Waals surface area contributed by atoms with Gasteiger partial charge in [0, 0.05) is 7.05 Å². The highest BCUT2D eigenvalue weighted by molar-refractivity contribution is 5.68. The highest BCUT2D eigenvalue weighted by Gasteiger charge is 2.22. The first kappa shape index (κ1) is 15.0. The Morgan fingerprint density at radius 1 is 1.50 bits per heavy atom. The lowest BCUT2D eigenvalue weighted by molar-refractivity contribution is 0.0133. The van der Waals surface area contributed by atoms with Crippen LogP contribution in [0, 0.1) is 0 Å². The van der Waals surface area contributed by atoms with E-state index in [-0.39, 0.29) is 12.1 Å². The number of carbonyl (C=O) groups excluding carboxylic acids is 1. The Kier molecular flexibility index (Phi) is 6.11. The Bertz CT molecular complexity index is 233. The van der Waals surface area contributed by atoms with Gasteiger partial charge in [0.2, 0.25) is 0 Å². The standard InChI is InChI=1S/C12H23NO3/c1-7-8-15-9-10(2)13(6)11(14)16-12(3,4)5/h7,10H,1,8-9H2,2-6H3/t10-/m1/s1. The molecule has 16 heavy (non-hydrogen) atoms. The topological polar surface area (TPSA) is 38.8 Å². The van der Waals surface area contributed by atoms with Crippen LogP contribution in [0.1, 0.15) is 27.7 Å². The quantitative estimate of drug-likeness (QED) is 0.537. The lowest BCUT2D eigenvalue weighted by Gasteiger charge is -2.28. The molecule has 0 aliphatic carbocycles. The Hall–Kier alpha value is -1.03. The summed E-state index contributed by atoms with van der Waals surface area (Å²) in [5.74, 6) is 0. The average Bonchev–Trinajstić information content (AvgIpc) is 2.14. The maximum Gasteiger partial charge on any atom is 0.410 e. The first-order valence-corrected chi connectivity index (χ1v) is 5.42. The fourth-order valence-electron chi connectivity index (χ4n) is 0.948. The number of ether oxygens (including phenoxy) is 2. The van der Waals surface area contributed by atoms with Gasteiger partial charge < -0.3 is 14.4 Å². The average molecular weight is 229 g/mol. The van der Waals surface area contributed by atoms with Gasteiger partial charge in [0.15, 0.2) is 0 Å². The Labute approximate surface area is 98.2 Å². The highest BCUT2D eigenvalue weighted by Crippen LogP contribution is 2.10. The van der Waals surface area contributed by atoms with E-state index < -0.39 is 5.60 Å². The second kappa shape index (κ2) is 6.53. The molecule has 4 nitrogen and oxygen atoms in total. The van der Waals surface area contributed by atoms with Crippen LogP contribution in [-0.2, 0) is 9.47 Å². The molecule has 1 atom stereocenters. The molecule has 0 heterocycles. The molecule has 0 rings (SSSR count). The van der Waals surface area contributed by atoms with Gasteiger partial charge in [-0.1, -0.05) is 6.08 Å². The van der Waals surface area contributed by atoms with Crippen LogP contribution in [0.25, 0.3) is 0 Å². The van der Waals surface area contributed by atoms with Crippen molar-refractivity contribution in [1.82, 2.24) is 4.90 Å². The summed E-state index contributed by atoms with van der Waals surface area (Å²) in [6.45, 7) is 12.0. The van der Waals surface area contributed by atoms with Crippen molar-refractivity contribution < 1.29 is 14.3 Å². The number of hydrogen-bond acceptors (Lipinski definition) is 3. The predicted octanol–water partition coefficient (Wildman–Crippen LogP) is 2.44. The molecular formula is C12H23NO3. The van der Waals surface area contributed by atoms with Crippen LogP contribution < -0.4 is 0 Å². The minimum absolute atomic E-state index is 0.0187. The molecule has 4 heteroatoms. The van der Waals surface area contributed by atoms with E-state index in [9.17, 15) is 4.79 Å². The molecule has 0 radical (unpaired) electrons. The van der Waals surface area contributed by atoms with Crippen LogP contribution in [0.15, 0.2) is 12.7 Å². The monoisotopic (exact) mass is 229 g/mol. The molecular weight excluding hydrogens is 206 g/mol. The van der Waals surface area contributed by atoms with E-state index in [1.807, 2.05) is 27.7 Å². The molecule has 0 aromatic carbocycles. The maximum atomic E-state index is 11.7. The zero-order valence-corrected chi connectivity index (χ0v) is 10.9. The van der Waals surface area contributed by atoms with Crippen molar-refractivity contribution in [2.24, 2.45) is 0 Å². The van der Waals surface area contributed by atoms with Crippen LogP contribution in [-0.4, -0.2) is 42.9 Å². The summed E-state index contributed by atoms with van der Waals surface area (Å²) in [6, 6.07) is -0.0187. The van der Waals surface area contributed by atoms with E-state index in [0.29, 0.717) is 13.2 Å². The van der Waals surface area contributed by atoms with Gasteiger partial charge in [-0.25, -0.2) is 4.79 Å². The molecule has 0 N–H and O–H groups in total. The van der Waals surface area contributed by atoms with Gasteiger partial charge in [0.1, 0.15) is 5.60 Å². The third kappa shape index (κ3) is 6.45. The Morgan fingerprint density at radius 3 is 2.50 bits per heavy atom. The molecule has 0 aliphatic heterocycles. The smallest absolute Gasteiger partial charge is 0.410 e. The molecule has 0 unspecified atom stereocenters. The van der Waals surface area contributed by atoms with E-state index >= 15 is 0 Å². The highest BCUT2D eigenvalue weighted by atomic mass is 16.6. The third-order valence-corrected chi connectivity index (χ3v) is 1.94. The first-order valence-electron chi connectivity index (χ1n) is 5.42. The van der Waals surface area contributed by atoms with Crippen molar-refractivity contribution in [3.63, 3.8) is 0 Å². The first-order chi connectivity index (χ1) is 7.28. The van der Waals surface area contributed by atoms with Crippen molar-refractivity contribution in [3.8, 4) is 0 Å². The second-order valence-electron chi connectivity index (χ2n) is 4.77. The van der Waals surface area contributed by atoms with Crippen LogP contribution in [0.4, 0.5) is 4.79 Å². The lowest BCUT2D eigenvalue weighted by atomic mass is 10.2. The molecule has 0 spiro atoms. The zero-order chi connectivity index (χ0) is 12.8. The van der Waals surface area contributed by atoms with Gasteiger partial charge in [0.05, 0.1) is 19.3 Å². The van der Waals surface area contributed by atoms with Crippen molar-refractivity contribution in [3.05, 3.63) is 12.7 Å². The van der Waals surface area contributed by atoms with Gasteiger partial charge >= 0.3 is 6.09 Å². The molecule has 0 aromatic heterocycles. The van der Waals surface area contributed by atoms with Crippen LogP contribution in [0.5, 0.6) is 0 Å². The van der Waals surface area contributed by atoms with E-state index in [1.54, 1.807) is 13.1 Å². The summed E-state index contributed by atoms with van der Waals surface area (Å²) in [6.07, 6.45) is 1.35. The summed E-state index contributed by atoms with van der Waals surface area (Å²) >= 11 is 0. The normalized spacial score (nSPS) is 13.1. The van der Waals surface area contributed by atoms with Gasteiger partial charge in [-0.3, -0.25) is 0 Å². The SMILES string of the molecule is C=CCOC[C@@H](C)N(C)C(=O)OC(C)(C)C. The fraction of sp³-hybridized carbons (Fsp3) is 0.750. The van der Waals surface area contributed by atoms with Crippen molar-refractivity contribution in [2.75, 3.05) is 20.3 Å². The van der Waals surface area contributed by atoms with Crippen molar-refractivity contribution in [1.29, 1.82) is 0 Å². The summed E-state index contributed by atoms with van der Waals surface area (Å²) in [5.41, 5.74) is -0.465. The number of nitrogens with zero attached hydrogens (tertiary/aromatic N) is 1. The van der Waals surface area contributed by atoms with E-state index in [1.165, 1.54) is 4.90 Å². The minimum Gasteiger partial charge on any atom is -0.444 e.